The van der Waals surface area contributed by atoms with Crippen LogP contribution in [-0.4, -0.2) is 12.5 Å². The Morgan fingerprint density at radius 3 is 2.29 bits per heavy atom. The van der Waals surface area contributed by atoms with E-state index in [1.165, 1.54) is 0 Å². The summed E-state index contributed by atoms with van der Waals surface area (Å²) in [5.41, 5.74) is 3.88. The van der Waals surface area contributed by atoms with E-state index < -0.39 is 0 Å². The van der Waals surface area contributed by atoms with Gasteiger partial charge in [-0.05, 0) is 44.0 Å². The second kappa shape index (κ2) is 6.89. The highest BCUT2D eigenvalue weighted by Gasteiger charge is 2.16. The lowest BCUT2D eigenvalue weighted by Gasteiger charge is -2.23. The molecule has 0 spiro atoms. The first-order valence-electron chi connectivity index (χ1n) is 7.24. The Morgan fingerprint density at radius 2 is 1.67 bits per heavy atom. The summed E-state index contributed by atoms with van der Waals surface area (Å²) in [4.78, 5) is 14.5. The molecule has 0 N–H and O–H groups in total. The molecule has 0 aliphatic carbocycles. The molecule has 0 radical (unpaired) electrons. The van der Waals surface area contributed by atoms with E-state index in [1.54, 1.807) is 0 Å². The molecule has 21 heavy (non-hydrogen) atoms. The Labute approximate surface area is 126 Å². The van der Waals surface area contributed by atoms with E-state index in [-0.39, 0.29) is 5.91 Å². The van der Waals surface area contributed by atoms with E-state index >= 15 is 0 Å². The van der Waals surface area contributed by atoms with Crippen LogP contribution in [0.25, 0.3) is 6.08 Å². The van der Waals surface area contributed by atoms with Gasteiger partial charge in [0, 0.05) is 17.8 Å². The van der Waals surface area contributed by atoms with Crippen LogP contribution in [0.3, 0.4) is 0 Å². The topological polar surface area (TPSA) is 20.3 Å². The molecule has 0 bridgehead atoms. The molecule has 0 heterocycles. The van der Waals surface area contributed by atoms with Crippen molar-refractivity contribution in [2.45, 2.75) is 20.8 Å². The zero-order chi connectivity index (χ0) is 15.2. The molecule has 0 atom stereocenters. The van der Waals surface area contributed by atoms with Crippen molar-refractivity contribution in [3.63, 3.8) is 0 Å². The molecule has 0 fully saturated rings. The molecule has 0 unspecified atom stereocenters. The SMILES string of the molecule is CCN(C(=O)C(C)=Cc1ccccc1)c1ccccc1C. The van der Waals surface area contributed by atoms with E-state index in [4.69, 9.17) is 0 Å². The van der Waals surface area contributed by atoms with Gasteiger partial charge in [0.1, 0.15) is 0 Å². The number of rotatable bonds is 4. The lowest BCUT2D eigenvalue weighted by atomic mass is 10.1. The molecule has 0 aliphatic heterocycles. The Kier molecular flexibility index (Phi) is 4.94. The van der Waals surface area contributed by atoms with E-state index in [1.807, 2.05) is 86.3 Å². The molecule has 0 aromatic heterocycles. The van der Waals surface area contributed by atoms with E-state index in [9.17, 15) is 4.79 Å². The van der Waals surface area contributed by atoms with Crippen LogP contribution >= 0.6 is 0 Å². The summed E-state index contributed by atoms with van der Waals surface area (Å²) in [6, 6.07) is 17.9. The fraction of sp³-hybridized carbons (Fsp3) is 0.211. The van der Waals surface area contributed by atoms with Crippen molar-refractivity contribution in [3.05, 3.63) is 71.3 Å². The predicted molar refractivity (Wildman–Crippen MR) is 89.3 cm³/mol. The summed E-state index contributed by atoms with van der Waals surface area (Å²) in [5, 5.41) is 0. The number of hydrogen-bond donors (Lipinski definition) is 0. The summed E-state index contributed by atoms with van der Waals surface area (Å²) in [6.07, 6.45) is 1.93. The number of hydrogen-bond acceptors (Lipinski definition) is 1. The third kappa shape index (κ3) is 3.60. The van der Waals surface area contributed by atoms with Crippen molar-refractivity contribution in [3.8, 4) is 0 Å². The standard InChI is InChI=1S/C19H21NO/c1-4-20(18-13-9-8-10-15(18)2)19(21)16(3)14-17-11-6-5-7-12-17/h5-14H,4H2,1-3H3. The quantitative estimate of drug-likeness (QED) is 0.757. The van der Waals surface area contributed by atoms with Crippen LogP contribution in [0.4, 0.5) is 5.69 Å². The zero-order valence-electron chi connectivity index (χ0n) is 12.8. The van der Waals surface area contributed by atoms with Crippen molar-refractivity contribution in [2.24, 2.45) is 0 Å². The van der Waals surface area contributed by atoms with Crippen LogP contribution in [0.5, 0.6) is 0 Å². The third-order valence-corrected chi connectivity index (χ3v) is 3.49. The van der Waals surface area contributed by atoms with Gasteiger partial charge in [-0.25, -0.2) is 0 Å². The number of carbonyl (C=O) groups excluding carboxylic acids is 1. The minimum Gasteiger partial charge on any atom is -0.309 e. The molecule has 1 amide bonds. The van der Waals surface area contributed by atoms with Crippen molar-refractivity contribution in [2.75, 3.05) is 11.4 Å². The normalized spacial score (nSPS) is 11.3. The Hall–Kier alpha value is -2.35. The smallest absolute Gasteiger partial charge is 0.253 e. The van der Waals surface area contributed by atoms with Gasteiger partial charge in [0.25, 0.3) is 5.91 Å². The number of benzene rings is 2. The number of likely N-dealkylation sites (N-methyl/N-ethyl adjacent to an activating group) is 1. The van der Waals surface area contributed by atoms with Crippen LogP contribution in [0.2, 0.25) is 0 Å². The molecule has 0 saturated heterocycles. The van der Waals surface area contributed by atoms with Crippen molar-refractivity contribution in [1.29, 1.82) is 0 Å². The highest BCUT2D eigenvalue weighted by Crippen LogP contribution is 2.21. The van der Waals surface area contributed by atoms with Crippen LogP contribution in [0, 0.1) is 6.92 Å². The van der Waals surface area contributed by atoms with Crippen molar-refractivity contribution >= 4 is 17.7 Å². The summed E-state index contributed by atoms with van der Waals surface area (Å²) in [5.74, 6) is 0.0515. The summed E-state index contributed by atoms with van der Waals surface area (Å²) >= 11 is 0. The van der Waals surface area contributed by atoms with Gasteiger partial charge in [0.05, 0.1) is 0 Å². The molecule has 108 valence electrons. The molecule has 2 heteroatoms. The first kappa shape index (κ1) is 15.0. The maximum Gasteiger partial charge on any atom is 0.253 e. The van der Waals surface area contributed by atoms with Gasteiger partial charge in [0.15, 0.2) is 0 Å². The zero-order valence-corrected chi connectivity index (χ0v) is 12.8. The van der Waals surface area contributed by atoms with Gasteiger partial charge in [-0.2, -0.15) is 0 Å². The van der Waals surface area contributed by atoms with E-state index in [2.05, 4.69) is 0 Å². The fourth-order valence-electron chi connectivity index (χ4n) is 2.36. The molecule has 2 nitrogen and oxygen atoms in total. The molecule has 0 aliphatic rings. The van der Waals surface area contributed by atoms with Gasteiger partial charge in [-0.15, -0.1) is 0 Å². The predicted octanol–water partition coefficient (Wildman–Crippen LogP) is 4.45. The van der Waals surface area contributed by atoms with Crippen LogP contribution in [0.15, 0.2) is 60.2 Å². The van der Waals surface area contributed by atoms with E-state index in [0.29, 0.717) is 6.54 Å². The van der Waals surface area contributed by atoms with Crippen LogP contribution in [0.1, 0.15) is 25.0 Å². The average molecular weight is 279 g/mol. The minimum absolute atomic E-state index is 0.0515. The number of aryl methyl sites for hydroxylation is 1. The van der Waals surface area contributed by atoms with Gasteiger partial charge in [-0.3, -0.25) is 4.79 Å². The summed E-state index contributed by atoms with van der Waals surface area (Å²) < 4.78 is 0. The highest BCUT2D eigenvalue weighted by molar-refractivity contribution is 6.08. The molecule has 2 aromatic rings. The lowest BCUT2D eigenvalue weighted by Crippen LogP contribution is -2.31. The third-order valence-electron chi connectivity index (χ3n) is 3.49. The largest absolute Gasteiger partial charge is 0.309 e. The monoisotopic (exact) mass is 279 g/mol. The average Bonchev–Trinajstić information content (AvgIpc) is 2.50. The number of carbonyl (C=O) groups is 1. The maximum absolute atomic E-state index is 12.7. The Morgan fingerprint density at radius 1 is 1.05 bits per heavy atom. The first-order valence-corrected chi connectivity index (χ1v) is 7.24. The van der Waals surface area contributed by atoms with Crippen molar-refractivity contribution < 1.29 is 4.79 Å². The summed E-state index contributed by atoms with van der Waals surface area (Å²) in [6.45, 7) is 6.56. The maximum atomic E-state index is 12.7. The van der Waals surface area contributed by atoms with Gasteiger partial charge in [-0.1, -0.05) is 48.5 Å². The summed E-state index contributed by atoms with van der Waals surface area (Å²) in [7, 11) is 0. The Bertz CT molecular complexity index is 644. The van der Waals surface area contributed by atoms with Gasteiger partial charge < -0.3 is 4.90 Å². The minimum atomic E-state index is 0.0515. The first-order chi connectivity index (χ1) is 10.1. The van der Waals surface area contributed by atoms with Crippen LogP contribution < -0.4 is 4.90 Å². The van der Waals surface area contributed by atoms with Gasteiger partial charge in [0.2, 0.25) is 0 Å². The number of para-hydroxylation sites is 1. The molecule has 2 aromatic carbocycles. The lowest BCUT2D eigenvalue weighted by molar-refractivity contribution is -0.115. The van der Waals surface area contributed by atoms with Crippen LogP contribution in [-0.2, 0) is 4.79 Å². The molecule has 2 rings (SSSR count). The van der Waals surface area contributed by atoms with Crippen molar-refractivity contribution in [1.82, 2.24) is 0 Å². The number of amides is 1. The number of anilines is 1. The van der Waals surface area contributed by atoms with Gasteiger partial charge >= 0.3 is 0 Å². The molecular weight excluding hydrogens is 258 g/mol. The second-order valence-electron chi connectivity index (χ2n) is 5.07. The highest BCUT2D eigenvalue weighted by atomic mass is 16.2. The Balaban J connectivity index is 2.29. The molecule has 0 saturated carbocycles. The second-order valence-corrected chi connectivity index (χ2v) is 5.07. The van der Waals surface area contributed by atoms with E-state index in [0.717, 1.165) is 22.4 Å². The number of nitrogens with zero attached hydrogens (tertiary/aromatic N) is 1. The molecular formula is C19H21NO. The fourth-order valence-corrected chi connectivity index (χ4v) is 2.36.